The summed E-state index contributed by atoms with van der Waals surface area (Å²) in [4.78, 5) is 27.3. The Morgan fingerprint density at radius 2 is 1.89 bits per heavy atom. The molecule has 1 aliphatic heterocycles. The van der Waals surface area contributed by atoms with Crippen LogP contribution in [0, 0.1) is 0 Å². The van der Waals surface area contributed by atoms with Gasteiger partial charge in [0.05, 0.1) is 23.3 Å². The van der Waals surface area contributed by atoms with Crippen LogP contribution in [0.1, 0.15) is 43.5 Å². The van der Waals surface area contributed by atoms with Crippen LogP contribution in [0.5, 0.6) is 0 Å². The molecule has 11 nitrogen and oxygen atoms in total. The standard InChI is InChI=1S/C27H30N8O3/c1-34(16-22-4-2-11-37-22)23(36)17-35-15-20(14-31-35)24-32-25(33-38-24)27(9-3-10-27)21-7-5-18(6-8-21)19-12-29-26(28)30-13-19/h5-8,12-15,22H,2-4,9-11,16-17H2,1H3,(H2,28,29,30). The summed E-state index contributed by atoms with van der Waals surface area (Å²) in [6.45, 7) is 1.50. The van der Waals surface area contributed by atoms with E-state index in [0.717, 1.165) is 55.4 Å². The van der Waals surface area contributed by atoms with Gasteiger partial charge in [-0.1, -0.05) is 35.8 Å². The van der Waals surface area contributed by atoms with E-state index in [9.17, 15) is 4.79 Å². The predicted molar refractivity (Wildman–Crippen MR) is 139 cm³/mol. The van der Waals surface area contributed by atoms with Crippen LogP contribution in [-0.2, 0) is 21.5 Å². The molecule has 1 aromatic carbocycles. The fraction of sp³-hybridized carbons (Fsp3) is 0.407. The minimum absolute atomic E-state index is 0.0243. The Morgan fingerprint density at radius 1 is 1.11 bits per heavy atom. The molecule has 1 saturated heterocycles. The van der Waals surface area contributed by atoms with E-state index in [1.165, 1.54) is 0 Å². The van der Waals surface area contributed by atoms with Crippen LogP contribution in [0.2, 0.25) is 0 Å². The highest BCUT2D eigenvalue weighted by Gasteiger charge is 2.44. The third kappa shape index (κ3) is 4.65. The highest BCUT2D eigenvalue weighted by atomic mass is 16.5. The summed E-state index contributed by atoms with van der Waals surface area (Å²) in [6.07, 6.45) is 12.0. The monoisotopic (exact) mass is 514 g/mol. The number of nitrogen functional groups attached to an aromatic ring is 1. The van der Waals surface area contributed by atoms with Gasteiger partial charge in [0, 0.05) is 44.4 Å². The lowest BCUT2D eigenvalue weighted by Crippen LogP contribution is -2.36. The van der Waals surface area contributed by atoms with Gasteiger partial charge in [0.25, 0.3) is 5.89 Å². The molecule has 2 N–H and O–H groups in total. The minimum atomic E-state index is -0.283. The Bertz CT molecular complexity index is 1400. The number of nitrogens with zero attached hydrogens (tertiary/aromatic N) is 7. The molecule has 3 aromatic heterocycles. The predicted octanol–water partition coefficient (Wildman–Crippen LogP) is 3.08. The summed E-state index contributed by atoms with van der Waals surface area (Å²) < 4.78 is 12.9. The summed E-state index contributed by atoms with van der Waals surface area (Å²) in [7, 11) is 1.80. The molecular weight excluding hydrogens is 484 g/mol. The van der Waals surface area contributed by atoms with Gasteiger partial charge in [0.15, 0.2) is 5.82 Å². The molecule has 1 aliphatic carbocycles. The fourth-order valence-electron chi connectivity index (χ4n) is 5.19. The maximum absolute atomic E-state index is 12.7. The Hall–Kier alpha value is -4.12. The molecule has 4 aromatic rings. The molecule has 6 rings (SSSR count). The van der Waals surface area contributed by atoms with Crippen LogP contribution in [-0.4, -0.2) is 67.0 Å². The summed E-state index contributed by atoms with van der Waals surface area (Å²) >= 11 is 0. The molecule has 0 spiro atoms. The van der Waals surface area contributed by atoms with Crippen molar-refractivity contribution in [2.75, 3.05) is 25.9 Å². The van der Waals surface area contributed by atoms with Crippen LogP contribution in [0.3, 0.4) is 0 Å². The zero-order chi connectivity index (χ0) is 26.1. The van der Waals surface area contributed by atoms with Crippen molar-refractivity contribution in [3.63, 3.8) is 0 Å². The van der Waals surface area contributed by atoms with Crippen molar-refractivity contribution in [3.8, 4) is 22.6 Å². The highest BCUT2D eigenvalue weighted by Crippen LogP contribution is 2.48. The molecule has 38 heavy (non-hydrogen) atoms. The fourth-order valence-corrected chi connectivity index (χ4v) is 5.19. The van der Waals surface area contributed by atoms with E-state index in [-0.39, 0.29) is 29.9 Å². The van der Waals surface area contributed by atoms with Gasteiger partial charge in [-0.15, -0.1) is 0 Å². The van der Waals surface area contributed by atoms with E-state index < -0.39 is 0 Å². The Labute approximate surface area is 220 Å². The second-order valence-electron chi connectivity index (χ2n) is 10.1. The van der Waals surface area contributed by atoms with Crippen molar-refractivity contribution < 1.29 is 14.1 Å². The molecule has 0 bridgehead atoms. The first kappa shape index (κ1) is 24.2. The van der Waals surface area contributed by atoms with Crippen molar-refractivity contribution in [2.45, 2.75) is 50.2 Å². The number of likely N-dealkylation sites (N-methyl/N-ethyl adjacent to an activating group) is 1. The van der Waals surface area contributed by atoms with E-state index in [1.54, 1.807) is 41.4 Å². The molecule has 1 amide bonds. The molecule has 196 valence electrons. The number of benzene rings is 1. The summed E-state index contributed by atoms with van der Waals surface area (Å²) in [6, 6.07) is 8.33. The van der Waals surface area contributed by atoms with Crippen molar-refractivity contribution in [1.29, 1.82) is 0 Å². The molecule has 2 fully saturated rings. The summed E-state index contributed by atoms with van der Waals surface area (Å²) in [5.74, 6) is 1.30. The van der Waals surface area contributed by atoms with E-state index in [1.807, 2.05) is 0 Å². The van der Waals surface area contributed by atoms with E-state index in [0.29, 0.717) is 23.8 Å². The van der Waals surface area contributed by atoms with Crippen LogP contribution < -0.4 is 5.73 Å². The molecule has 1 saturated carbocycles. The zero-order valence-corrected chi connectivity index (χ0v) is 21.3. The Morgan fingerprint density at radius 3 is 2.58 bits per heavy atom. The second-order valence-corrected chi connectivity index (χ2v) is 10.1. The van der Waals surface area contributed by atoms with Gasteiger partial charge in [0.1, 0.15) is 6.54 Å². The number of hydrogen-bond acceptors (Lipinski definition) is 9. The van der Waals surface area contributed by atoms with Gasteiger partial charge in [-0.2, -0.15) is 10.1 Å². The number of anilines is 1. The maximum Gasteiger partial charge on any atom is 0.261 e. The number of hydrogen-bond donors (Lipinski definition) is 1. The van der Waals surface area contributed by atoms with Gasteiger partial charge in [0.2, 0.25) is 11.9 Å². The number of amides is 1. The van der Waals surface area contributed by atoms with Crippen LogP contribution in [0.25, 0.3) is 22.6 Å². The van der Waals surface area contributed by atoms with Crippen LogP contribution in [0.15, 0.2) is 53.6 Å². The number of rotatable bonds is 8. The lowest BCUT2D eigenvalue weighted by atomic mass is 9.64. The van der Waals surface area contributed by atoms with Crippen molar-refractivity contribution in [1.82, 2.24) is 34.8 Å². The van der Waals surface area contributed by atoms with Gasteiger partial charge >= 0.3 is 0 Å². The van der Waals surface area contributed by atoms with Gasteiger partial charge < -0.3 is 19.9 Å². The van der Waals surface area contributed by atoms with E-state index in [2.05, 4.69) is 44.5 Å². The van der Waals surface area contributed by atoms with Crippen molar-refractivity contribution >= 4 is 11.9 Å². The molecule has 1 unspecified atom stereocenters. The van der Waals surface area contributed by atoms with Crippen molar-refractivity contribution in [2.24, 2.45) is 0 Å². The number of carbonyl (C=O) groups is 1. The molecular formula is C27H30N8O3. The number of aromatic nitrogens is 6. The average Bonchev–Trinajstić information content (AvgIpc) is 3.67. The van der Waals surface area contributed by atoms with E-state index >= 15 is 0 Å². The lowest BCUT2D eigenvalue weighted by Gasteiger charge is -2.39. The highest BCUT2D eigenvalue weighted by molar-refractivity contribution is 5.75. The first-order chi connectivity index (χ1) is 18.5. The SMILES string of the molecule is CN(CC1CCCO1)C(=O)Cn1cc(-c2nc(C3(c4ccc(-c5cnc(N)nc5)cc4)CCC3)no2)cn1. The van der Waals surface area contributed by atoms with Crippen molar-refractivity contribution in [3.05, 3.63) is 60.4 Å². The third-order valence-electron chi connectivity index (χ3n) is 7.61. The topological polar surface area (TPSA) is 138 Å². The molecule has 4 heterocycles. The molecule has 0 radical (unpaired) electrons. The smallest absolute Gasteiger partial charge is 0.261 e. The molecule has 11 heteroatoms. The normalized spacial score (nSPS) is 18.3. The lowest BCUT2D eigenvalue weighted by molar-refractivity contribution is -0.132. The quantitative estimate of drug-likeness (QED) is 0.376. The third-order valence-corrected chi connectivity index (χ3v) is 7.61. The first-order valence-electron chi connectivity index (χ1n) is 12.9. The minimum Gasteiger partial charge on any atom is -0.376 e. The molecule has 2 aliphatic rings. The summed E-state index contributed by atoms with van der Waals surface area (Å²) in [5, 5.41) is 8.71. The second kappa shape index (κ2) is 9.97. The first-order valence-corrected chi connectivity index (χ1v) is 12.9. The molecule has 1 atom stereocenters. The number of nitrogens with two attached hydrogens (primary N) is 1. The number of carbonyl (C=O) groups excluding carboxylic acids is 1. The largest absolute Gasteiger partial charge is 0.376 e. The maximum atomic E-state index is 12.7. The average molecular weight is 515 g/mol. The Kier molecular flexibility index (Phi) is 6.36. The number of ether oxygens (including phenoxy) is 1. The van der Waals surface area contributed by atoms with Gasteiger partial charge in [-0.3, -0.25) is 9.48 Å². The van der Waals surface area contributed by atoms with Gasteiger partial charge in [-0.25, -0.2) is 9.97 Å². The zero-order valence-electron chi connectivity index (χ0n) is 21.3. The Balaban J connectivity index is 1.15. The van der Waals surface area contributed by atoms with E-state index in [4.69, 9.17) is 20.0 Å². The van der Waals surface area contributed by atoms with Gasteiger partial charge in [-0.05, 0) is 36.8 Å². The van der Waals surface area contributed by atoms with Crippen LogP contribution >= 0.6 is 0 Å². The van der Waals surface area contributed by atoms with Crippen LogP contribution in [0.4, 0.5) is 5.95 Å². The summed E-state index contributed by atoms with van der Waals surface area (Å²) in [5.41, 5.74) is 9.08.